The molecule has 0 radical (unpaired) electrons. The first-order chi connectivity index (χ1) is 24.9. The summed E-state index contributed by atoms with van der Waals surface area (Å²) >= 11 is 6.42. The molecule has 2 amide bonds. The lowest BCUT2D eigenvalue weighted by Crippen LogP contribution is -2.47. The van der Waals surface area contributed by atoms with Crippen molar-refractivity contribution in [1.29, 1.82) is 0 Å². The van der Waals surface area contributed by atoms with Gasteiger partial charge < -0.3 is 30.9 Å². The highest BCUT2D eigenvalue weighted by Gasteiger charge is 2.55. The van der Waals surface area contributed by atoms with Gasteiger partial charge in [-0.05, 0) is 104 Å². The van der Waals surface area contributed by atoms with E-state index in [4.69, 9.17) is 16.3 Å². The van der Waals surface area contributed by atoms with E-state index in [1.165, 1.54) is 31.8 Å². The second kappa shape index (κ2) is 15.9. The average Bonchev–Trinajstić information content (AvgIpc) is 3.80. The second-order valence-corrected chi connectivity index (χ2v) is 14.9. The molecule has 4 aliphatic rings. The monoisotopic (exact) mass is 712 g/mol. The lowest BCUT2D eigenvalue weighted by atomic mass is 9.78. The molecule has 0 spiro atoms. The first kappa shape index (κ1) is 35.1. The molecule has 3 saturated carbocycles. The number of carbonyl (C=O) groups excluding carboxylic acids is 2. The maximum atomic E-state index is 12.8. The third kappa shape index (κ3) is 8.25. The number of methoxy groups -OCH3 is 1. The van der Waals surface area contributed by atoms with Crippen molar-refractivity contribution in [2.75, 3.05) is 67.2 Å². The Labute approximate surface area is 305 Å². The number of nitrogens with one attached hydrogen (secondary N) is 4. The van der Waals surface area contributed by atoms with E-state index >= 15 is 0 Å². The minimum atomic E-state index is -0.267. The van der Waals surface area contributed by atoms with Crippen LogP contribution in [0.2, 0.25) is 5.02 Å². The average molecular weight is 713 g/mol. The minimum Gasteiger partial charge on any atom is -0.494 e. The molecule has 4 fully saturated rings. The van der Waals surface area contributed by atoms with Gasteiger partial charge in [-0.1, -0.05) is 30.3 Å². The number of hydrogen-bond donors (Lipinski definition) is 4. The molecule has 270 valence electrons. The smallest absolute Gasteiger partial charge is 0.247 e. The summed E-state index contributed by atoms with van der Waals surface area (Å²) < 4.78 is 5.76. The number of rotatable bonds is 15. The fourth-order valence-electron chi connectivity index (χ4n) is 9.06. The number of ether oxygens (including phenoxy) is 1. The molecule has 7 rings (SSSR count). The van der Waals surface area contributed by atoms with Crippen LogP contribution in [0.1, 0.15) is 44.1 Å². The van der Waals surface area contributed by atoms with Gasteiger partial charge in [-0.25, -0.2) is 4.98 Å². The van der Waals surface area contributed by atoms with E-state index in [0.717, 1.165) is 92.7 Å². The van der Waals surface area contributed by atoms with Gasteiger partial charge in [0.15, 0.2) is 5.82 Å². The first-order valence-electron chi connectivity index (χ1n) is 18.3. The number of nitrogens with zero attached hydrogens (tertiary/aromatic N) is 4. The number of carbonyl (C=O) groups is 2. The van der Waals surface area contributed by atoms with Gasteiger partial charge in [0.25, 0.3) is 0 Å². The predicted octanol–water partition coefficient (Wildman–Crippen LogP) is 6.32. The Bertz CT molecular complexity index is 1730. The van der Waals surface area contributed by atoms with Crippen molar-refractivity contribution in [2.45, 2.75) is 45.1 Å². The number of benzene rings is 2. The molecule has 2 aromatic carbocycles. The van der Waals surface area contributed by atoms with Crippen molar-refractivity contribution in [3.63, 3.8) is 0 Å². The highest BCUT2D eigenvalue weighted by Crippen LogP contribution is 2.63. The van der Waals surface area contributed by atoms with E-state index in [2.05, 4.69) is 53.7 Å². The topological polar surface area (TPSA) is 124 Å². The van der Waals surface area contributed by atoms with Gasteiger partial charge in [0, 0.05) is 63.1 Å². The van der Waals surface area contributed by atoms with Crippen LogP contribution < -0.4 is 30.9 Å². The van der Waals surface area contributed by atoms with Gasteiger partial charge in [0.05, 0.1) is 19.0 Å². The number of halogens is 1. The lowest BCUT2D eigenvalue weighted by molar-refractivity contribution is -0.122. The molecule has 1 aliphatic heterocycles. The Hall–Kier alpha value is -4.35. The SMILES string of the molecule is C=CC(=O)Nc1cccc(CNc2nc(Nc3ccc(N4CCN(CCCNC(=O)CC5[C@@H]6C[C@H]7CC[C@@H]5[C@@H]7C6)CC4)cc3OC)ncc2Cl)c1. The molecule has 3 aromatic rings. The molecule has 1 aromatic heterocycles. The highest BCUT2D eigenvalue weighted by molar-refractivity contribution is 6.32. The van der Waals surface area contributed by atoms with Crippen molar-refractivity contribution >= 4 is 52.2 Å². The summed E-state index contributed by atoms with van der Waals surface area (Å²) in [5, 5.41) is 12.9. The van der Waals surface area contributed by atoms with Gasteiger partial charge in [0.1, 0.15) is 10.8 Å². The third-order valence-electron chi connectivity index (χ3n) is 11.5. The number of anilines is 5. The Morgan fingerprint density at radius 3 is 2.75 bits per heavy atom. The highest BCUT2D eigenvalue weighted by atomic mass is 35.5. The molecule has 11 nitrogen and oxygen atoms in total. The summed E-state index contributed by atoms with van der Waals surface area (Å²) in [7, 11) is 1.66. The lowest BCUT2D eigenvalue weighted by Gasteiger charge is -2.36. The summed E-state index contributed by atoms with van der Waals surface area (Å²) in [5.41, 5.74) is 3.46. The van der Waals surface area contributed by atoms with Crippen molar-refractivity contribution in [1.82, 2.24) is 20.2 Å². The Morgan fingerprint density at radius 1 is 1.06 bits per heavy atom. The summed E-state index contributed by atoms with van der Waals surface area (Å²) in [6.07, 6.45) is 10.1. The Morgan fingerprint density at radius 2 is 1.92 bits per heavy atom. The quantitative estimate of drug-likeness (QED) is 0.106. The summed E-state index contributed by atoms with van der Waals surface area (Å²) in [6, 6.07) is 13.6. The number of aromatic nitrogens is 2. The van der Waals surface area contributed by atoms with Crippen molar-refractivity contribution in [3.8, 4) is 5.75 Å². The van der Waals surface area contributed by atoms with E-state index in [1.807, 2.05) is 36.4 Å². The summed E-state index contributed by atoms with van der Waals surface area (Å²) in [4.78, 5) is 38.3. The number of hydrogen-bond acceptors (Lipinski definition) is 9. The molecule has 1 saturated heterocycles. The molecule has 4 N–H and O–H groups in total. The van der Waals surface area contributed by atoms with Crippen LogP contribution in [0.5, 0.6) is 5.75 Å². The van der Waals surface area contributed by atoms with E-state index in [-0.39, 0.29) is 11.8 Å². The Balaban J connectivity index is 0.857. The van der Waals surface area contributed by atoms with E-state index < -0.39 is 0 Å². The summed E-state index contributed by atoms with van der Waals surface area (Å²) in [6.45, 7) is 9.50. The number of amides is 2. The maximum Gasteiger partial charge on any atom is 0.247 e. The fourth-order valence-corrected chi connectivity index (χ4v) is 9.22. The standard InChI is InChI=1S/C39H49ClN8O3/c1-3-36(49)44-28-7-4-6-25(18-28)23-42-38-33(40)24-43-39(46-38)45-34-11-9-29(21-35(34)51-2)48-16-14-47(15-17-48)13-5-12-41-37(50)22-32-27-19-26-8-10-30(32)31(26)20-27/h3-4,6-7,9,11,18,21,24,26-27,30-32H,1,5,8,10,12-17,19-20,22-23H2,2H3,(H,41,50)(H,44,49)(H2,42,43,45,46)/t26-,27-,30-,31-,32?/m1/s1. The molecular formula is C39H49ClN8O3. The second-order valence-electron chi connectivity index (χ2n) is 14.4. The fraction of sp³-hybridized carbons (Fsp3) is 0.487. The van der Waals surface area contributed by atoms with Crippen molar-refractivity contribution in [2.24, 2.45) is 29.6 Å². The zero-order valence-electron chi connectivity index (χ0n) is 29.4. The van der Waals surface area contributed by atoms with Crippen LogP contribution in [0.4, 0.5) is 28.8 Å². The molecule has 1 unspecified atom stereocenters. The van der Waals surface area contributed by atoms with Gasteiger partial charge in [-0.2, -0.15) is 4.98 Å². The minimum absolute atomic E-state index is 0.266. The molecule has 3 aliphatic carbocycles. The van der Waals surface area contributed by atoms with E-state index in [9.17, 15) is 9.59 Å². The molecule has 2 heterocycles. The number of piperazine rings is 1. The zero-order valence-corrected chi connectivity index (χ0v) is 30.1. The van der Waals surface area contributed by atoms with Gasteiger partial charge in [-0.3, -0.25) is 14.5 Å². The van der Waals surface area contributed by atoms with Gasteiger partial charge >= 0.3 is 0 Å². The van der Waals surface area contributed by atoms with E-state index in [1.54, 1.807) is 13.3 Å². The third-order valence-corrected chi connectivity index (χ3v) is 11.8. The maximum absolute atomic E-state index is 12.8. The molecular weight excluding hydrogens is 664 g/mol. The summed E-state index contributed by atoms with van der Waals surface area (Å²) in [5.74, 6) is 5.76. The van der Waals surface area contributed by atoms with Crippen LogP contribution >= 0.6 is 11.6 Å². The molecule has 5 atom stereocenters. The molecule has 2 bridgehead atoms. The van der Waals surface area contributed by atoms with Crippen LogP contribution in [-0.2, 0) is 16.1 Å². The predicted molar refractivity (Wildman–Crippen MR) is 203 cm³/mol. The van der Waals surface area contributed by atoms with Crippen LogP contribution in [0.25, 0.3) is 0 Å². The van der Waals surface area contributed by atoms with Crippen LogP contribution in [0.3, 0.4) is 0 Å². The first-order valence-corrected chi connectivity index (χ1v) is 18.7. The van der Waals surface area contributed by atoms with E-state index in [0.29, 0.717) is 40.7 Å². The Kier molecular flexibility index (Phi) is 10.9. The van der Waals surface area contributed by atoms with Crippen molar-refractivity contribution < 1.29 is 14.3 Å². The van der Waals surface area contributed by atoms with Gasteiger partial charge in [0.2, 0.25) is 17.8 Å². The van der Waals surface area contributed by atoms with Crippen LogP contribution in [0, 0.1) is 29.6 Å². The largest absolute Gasteiger partial charge is 0.494 e. The van der Waals surface area contributed by atoms with Gasteiger partial charge in [-0.15, -0.1) is 0 Å². The molecule has 12 heteroatoms. The normalized spacial score (nSPS) is 23.6. The molecule has 51 heavy (non-hydrogen) atoms. The number of fused-ring (bicyclic) bond motifs is 1. The van der Waals surface area contributed by atoms with Crippen LogP contribution in [-0.4, -0.2) is 73.1 Å². The van der Waals surface area contributed by atoms with Crippen molar-refractivity contribution in [3.05, 3.63) is 71.9 Å². The van der Waals surface area contributed by atoms with Crippen LogP contribution in [0.15, 0.2) is 61.3 Å². The zero-order chi connectivity index (χ0) is 35.3.